The molecule has 0 bridgehead atoms. The van der Waals surface area contributed by atoms with E-state index in [0.29, 0.717) is 11.3 Å². The lowest BCUT2D eigenvalue weighted by Gasteiger charge is -2.25. The Morgan fingerprint density at radius 1 is 0.732 bits per heavy atom. The molecule has 41 heavy (non-hydrogen) atoms. The number of nitrogens with zero attached hydrogens (tertiary/aromatic N) is 2. The summed E-state index contributed by atoms with van der Waals surface area (Å²) in [5.74, 6) is -0.546. The predicted molar refractivity (Wildman–Crippen MR) is 170 cm³/mol. The number of likely N-dealkylation sites (tertiary alicyclic amines) is 1. The molecule has 2 aliphatic rings. The Hall–Kier alpha value is -3.92. The molecule has 3 aromatic carbocycles. The fraction of sp³-hybridized carbons (Fsp3) is 0.351. The summed E-state index contributed by atoms with van der Waals surface area (Å²) in [6.45, 7) is 16.7. The van der Waals surface area contributed by atoms with Crippen molar-refractivity contribution in [1.29, 1.82) is 0 Å². The molecule has 1 saturated heterocycles. The number of imide groups is 1. The lowest BCUT2D eigenvalue weighted by Crippen LogP contribution is -2.31. The topological polar surface area (TPSA) is 40.6 Å². The summed E-state index contributed by atoms with van der Waals surface area (Å²) >= 11 is 0. The van der Waals surface area contributed by atoms with Crippen molar-refractivity contribution in [2.75, 3.05) is 18.0 Å². The van der Waals surface area contributed by atoms with E-state index in [-0.39, 0.29) is 22.6 Å². The van der Waals surface area contributed by atoms with Crippen molar-refractivity contribution in [3.8, 4) is 0 Å². The van der Waals surface area contributed by atoms with Gasteiger partial charge in [0.15, 0.2) is 0 Å². The van der Waals surface area contributed by atoms with Gasteiger partial charge in [0, 0.05) is 31.3 Å². The zero-order valence-corrected chi connectivity index (χ0v) is 25.5. The van der Waals surface area contributed by atoms with Crippen LogP contribution in [0.1, 0.15) is 89.1 Å². The maximum absolute atomic E-state index is 14.0. The summed E-state index contributed by atoms with van der Waals surface area (Å²) in [5, 5.41) is 0. The first-order valence-electron chi connectivity index (χ1n) is 14.7. The molecule has 0 aromatic heterocycles. The van der Waals surface area contributed by atoms with Crippen LogP contribution in [0.5, 0.6) is 0 Å². The van der Waals surface area contributed by atoms with Gasteiger partial charge in [-0.2, -0.15) is 0 Å². The number of rotatable bonds is 4. The minimum atomic E-state index is -0.276. The minimum Gasteiger partial charge on any atom is -0.371 e. The van der Waals surface area contributed by atoms with E-state index < -0.39 is 0 Å². The number of hydrogen-bond donors (Lipinski definition) is 0. The van der Waals surface area contributed by atoms with Gasteiger partial charge in [-0.15, -0.1) is 0 Å². The smallest absolute Gasteiger partial charge is 0.266 e. The zero-order valence-electron chi connectivity index (χ0n) is 25.5. The fourth-order valence-electron chi connectivity index (χ4n) is 5.83. The monoisotopic (exact) mass is 546 g/mol. The number of fused-ring (bicyclic) bond motifs is 1. The summed E-state index contributed by atoms with van der Waals surface area (Å²) in [6.07, 6.45) is 4.48. The van der Waals surface area contributed by atoms with E-state index in [1.807, 2.05) is 24.3 Å². The predicted octanol–water partition coefficient (Wildman–Crippen LogP) is 8.22. The van der Waals surface area contributed by atoms with Crippen molar-refractivity contribution in [1.82, 2.24) is 4.90 Å². The van der Waals surface area contributed by atoms with Gasteiger partial charge in [0.25, 0.3) is 5.91 Å². The second-order valence-corrected chi connectivity index (χ2v) is 13.3. The van der Waals surface area contributed by atoms with Gasteiger partial charge in [0.2, 0.25) is 5.91 Å². The average molecular weight is 547 g/mol. The van der Waals surface area contributed by atoms with Crippen LogP contribution in [0.4, 0.5) is 5.69 Å². The molecule has 212 valence electrons. The van der Waals surface area contributed by atoms with Crippen LogP contribution in [0.15, 0.2) is 78.9 Å². The summed E-state index contributed by atoms with van der Waals surface area (Å²) in [7, 11) is 0. The lowest BCUT2D eigenvalue weighted by atomic mass is 9.85. The number of allylic oxidation sites excluding steroid dienone is 2. The van der Waals surface area contributed by atoms with Gasteiger partial charge in [-0.3, -0.25) is 9.59 Å². The highest BCUT2D eigenvalue weighted by atomic mass is 16.2. The van der Waals surface area contributed by atoms with Crippen molar-refractivity contribution >= 4 is 34.3 Å². The zero-order chi connectivity index (χ0) is 29.5. The number of benzene rings is 3. The number of anilines is 1. The standard InChI is InChI=1S/C37H42N2O2/c1-25(40)39-32-13-9-8-12-30(32)34(35(39)41)31(26-14-18-28(19-15-26)36(2,3)4)24-33(38-22-10-11-23-38)27-16-20-29(21-17-27)37(5,6)7/h8-9,12-21,24H,10-11,22-23H2,1-7H3/b33-24-,34-31-. The van der Waals surface area contributed by atoms with Crippen LogP contribution in [0.25, 0.3) is 16.8 Å². The summed E-state index contributed by atoms with van der Waals surface area (Å²) < 4.78 is 0. The van der Waals surface area contributed by atoms with Crippen molar-refractivity contribution in [2.24, 2.45) is 0 Å². The molecule has 4 nitrogen and oxygen atoms in total. The third-order valence-corrected chi connectivity index (χ3v) is 8.25. The van der Waals surface area contributed by atoms with Crippen LogP contribution in [0.3, 0.4) is 0 Å². The number of para-hydroxylation sites is 1. The van der Waals surface area contributed by atoms with Gasteiger partial charge in [0.05, 0.1) is 11.3 Å². The molecule has 0 saturated carbocycles. The van der Waals surface area contributed by atoms with Crippen molar-refractivity contribution in [2.45, 2.75) is 72.1 Å². The molecular weight excluding hydrogens is 504 g/mol. The van der Waals surface area contributed by atoms with Crippen LogP contribution in [-0.2, 0) is 20.4 Å². The van der Waals surface area contributed by atoms with Gasteiger partial charge in [0.1, 0.15) is 0 Å². The first-order valence-corrected chi connectivity index (χ1v) is 14.7. The van der Waals surface area contributed by atoms with Crippen molar-refractivity contribution in [3.63, 3.8) is 0 Å². The third-order valence-electron chi connectivity index (χ3n) is 8.25. The van der Waals surface area contributed by atoms with Gasteiger partial charge < -0.3 is 4.90 Å². The van der Waals surface area contributed by atoms with E-state index in [0.717, 1.165) is 53.9 Å². The van der Waals surface area contributed by atoms with E-state index in [1.54, 1.807) is 0 Å². The van der Waals surface area contributed by atoms with Gasteiger partial charge in [-0.1, -0.05) is 108 Å². The number of carbonyl (C=O) groups is 2. The highest BCUT2D eigenvalue weighted by molar-refractivity contribution is 6.44. The van der Waals surface area contributed by atoms with Gasteiger partial charge >= 0.3 is 0 Å². The maximum Gasteiger partial charge on any atom is 0.266 e. The second kappa shape index (κ2) is 10.8. The van der Waals surface area contributed by atoms with E-state index in [2.05, 4.69) is 101 Å². The molecule has 0 unspecified atom stereocenters. The Labute approximate surface area is 245 Å². The minimum absolute atomic E-state index is 0.0123. The van der Waals surface area contributed by atoms with Crippen LogP contribution in [0.2, 0.25) is 0 Å². The largest absolute Gasteiger partial charge is 0.371 e. The molecule has 2 amide bonds. The molecule has 4 heteroatoms. The Morgan fingerprint density at radius 2 is 1.24 bits per heavy atom. The molecule has 3 aromatic rings. The molecule has 2 heterocycles. The van der Waals surface area contributed by atoms with Crippen LogP contribution in [-0.4, -0.2) is 29.8 Å². The Balaban J connectivity index is 1.77. The Bertz CT molecular complexity index is 1520. The highest BCUT2D eigenvalue weighted by Crippen LogP contribution is 2.43. The molecule has 0 N–H and O–H groups in total. The molecule has 0 atom stereocenters. The van der Waals surface area contributed by atoms with Crippen LogP contribution < -0.4 is 4.90 Å². The molecule has 1 fully saturated rings. The van der Waals surface area contributed by atoms with Crippen LogP contribution >= 0.6 is 0 Å². The molecule has 0 aliphatic carbocycles. The number of amides is 2. The Kier molecular flexibility index (Phi) is 7.54. The molecular formula is C37H42N2O2. The van der Waals surface area contributed by atoms with E-state index in [9.17, 15) is 9.59 Å². The third kappa shape index (κ3) is 5.66. The highest BCUT2D eigenvalue weighted by Gasteiger charge is 2.37. The van der Waals surface area contributed by atoms with Crippen molar-refractivity contribution < 1.29 is 9.59 Å². The molecule has 0 radical (unpaired) electrons. The maximum atomic E-state index is 14.0. The summed E-state index contributed by atoms with van der Waals surface area (Å²) in [6, 6.07) is 25.1. The molecule has 0 spiro atoms. The quantitative estimate of drug-likeness (QED) is 0.310. The van der Waals surface area contributed by atoms with Crippen LogP contribution in [0, 0.1) is 0 Å². The van der Waals surface area contributed by atoms with E-state index >= 15 is 0 Å². The lowest BCUT2D eigenvalue weighted by molar-refractivity contribution is -0.122. The fourth-order valence-corrected chi connectivity index (χ4v) is 5.83. The Morgan fingerprint density at radius 3 is 1.76 bits per heavy atom. The van der Waals surface area contributed by atoms with Gasteiger partial charge in [-0.05, 0) is 63.6 Å². The first-order chi connectivity index (χ1) is 19.4. The van der Waals surface area contributed by atoms with Gasteiger partial charge in [-0.25, -0.2) is 4.90 Å². The average Bonchev–Trinajstić information content (AvgIpc) is 3.55. The SMILES string of the molecule is CC(=O)N1C(=O)/C(=C(/C=C(/c2ccc(C(C)(C)C)cc2)N2CCCC2)c2ccc(C(C)(C)C)cc2)c2ccccc21. The summed E-state index contributed by atoms with van der Waals surface area (Å²) in [5.41, 5.74) is 8.65. The van der Waals surface area contributed by atoms with E-state index in [1.165, 1.54) is 23.0 Å². The normalized spacial score (nSPS) is 17.2. The molecule has 5 rings (SSSR count). The summed E-state index contributed by atoms with van der Waals surface area (Å²) in [4.78, 5) is 30.5. The van der Waals surface area contributed by atoms with E-state index in [4.69, 9.17) is 0 Å². The first kappa shape index (κ1) is 28.6. The number of carbonyl (C=O) groups excluding carboxylic acids is 2. The van der Waals surface area contributed by atoms with Crippen molar-refractivity contribution in [3.05, 3.63) is 107 Å². The second-order valence-electron chi connectivity index (χ2n) is 13.3. The molecule has 2 aliphatic heterocycles. The number of hydrogen-bond acceptors (Lipinski definition) is 3.